The van der Waals surface area contributed by atoms with E-state index in [0.29, 0.717) is 23.2 Å². The maximum Gasteiger partial charge on any atom is 0.254 e. The number of hydrogen-bond acceptors (Lipinski definition) is 2. The summed E-state index contributed by atoms with van der Waals surface area (Å²) in [5, 5.41) is 1.74. The van der Waals surface area contributed by atoms with E-state index < -0.39 is 0 Å². The van der Waals surface area contributed by atoms with E-state index in [1.54, 1.807) is 12.1 Å². The Morgan fingerprint density at radius 1 is 0.818 bits per heavy atom. The molecule has 0 aromatic heterocycles. The zero-order chi connectivity index (χ0) is 15.4. The summed E-state index contributed by atoms with van der Waals surface area (Å²) in [6.07, 6.45) is 0. The van der Waals surface area contributed by atoms with Gasteiger partial charge in [-0.3, -0.25) is 9.59 Å². The van der Waals surface area contributed by atoms with Crippen molar-refractivity contribution >= 4 is 22.6 Å². The molecule has 0 spiro atoms. The molecule has 2 amide bonds. The van der Waals surface area contributed by atoms with Crippen LogP contribution < -0.4 is 0 Å². The van der Waals surface area contributed by atoms with Crippen molar-refractivity contribution in [3.63, 3.8) is 0 Å². The van der Waals surface area contributed by atoms with E-state index in [2.05, 4.69) is 0 Å². The van der Waals surface area contributed by atoms with Gasteiger partial charge in [0.2, 0.25) is 0 Å². The maximum absolute atomic E-state index is 12.5. The molecule has 0 bridgehead atoms. The number of amides is 2. The van der Waals surface area contributed by atoms with Gasteiger partial charge in [-0.25, -0.2) is 0 Å². The highest BCUT2D eigenvalue weighted by Gasteiger charge is 2.37. The highest BCUT2D eigenvalue weighted by Crippen LogP contribution is 2.30. The third-order valence-electron chi connectivity index (χ3n) is 4.63. The van der Waals surface area contributed by atoms with Crippen molar-refractivity contribution in [1.29, 1.82) is 0 Å². The molecule has 0 aliphatic carbocycles. The lowest BCUT2D eigenvalue weighted by molar-refractivity contribution is 0.0866. The van der Waals surface area contributed by atoms with Crippen LogP contribution in [0.2, 0.25) is 0 Å². The Morgan fingerprint density at radius 2 is 1.18 bits per heavy atom. The molecule has 2 saturated heterocycles. The molecular formula is C18H18N2O2. The molecule has 4 nitrogen and oxygen atoms in total. The molecule has 2 aromatic rings. The summed E-state index contributed by atoms with van der Waals surface area (Å²) in [6.45, 7) is 5.72. The van der Waals surface area contributed by atoms with E-state index in [9.17, 15) is 9.59 Å². The number of hydrogen-bond donors (Lipinski definition) is 0. The van der Waals surface area contributed by atoms with Crippen molar-refractivity contribution in [3.8, 4) is 0 Å². The molecule has 2 aromatic carbocycles. The molecule has 2 aliphatic heterocycles. The second kappa shape index (κ2) is 4.57. The Labute approximate surface area is 129 Å². The molecule has 0 saturated carbocycles. The first kappa shape index (κ1) is 13.3. The smallest absolute Gasteiger partial charge is 0.254 e. The van der Waals surface area contributed by atoms with Gasteiger partial charge in [0.25, 0.3) is 11.8 Å². The zero-order valence-electron chi connectivity index (χ0n) is 12.7. The van der Waals surface area contributed by atoms with Crippen molar-refractivity contribution in [1.82, 2.24) is 9.80 Å². The van der Waals surface area contributed by atoms with Gasteiger partial charge in [0, 0.05) is 36.3 Å². The maximum atomic E-state index is 12.5. The summed E-state index contributed by atoms with van der Waals surface area (Å²) in [7, 11) is 0. The lowest BCUT2D eigenvalue weighted by atomic mass is 9.98. The Kier molecular flexibility index (Phi) is 2.76. The first-order valence-electron chi connectivity index (χ1n) is 7.71. The minimum atomic E-state index is 0.0581. The second-order valence-corrected chi connectivity index (χ2v) is 6.32. The van der Waals surface area contributed by atoms with Crippen LogP contribution in [-0.4, -0.2) is 46.8 Å². The van der Waals surface area contributed by atoms with Gasteiger partial charge >= 0.3 is 0 Å². The van der Waals surface area contributed by atoms with Crippen LogP contribution >= 0.6 is 0 Å². The lowest BCUT2D eigenvalue weighted by Gasteiger charge is -2.11. The zero-order valence-corrected chi connectivity index (χ0v) is 12.7. The second-order valence-electron chi connectivity index (χ2n) is 6.32. The van der Waals surface area contributed by atoms with Crippen LogP contribution in [0.25, 0.3) is 10.8 Å². The van der Waals surface area contributed by atoms with E-state index in [1.807, 2.05) is 47.9 Å². The van der Waals surface area contributed by atoms with E-state index in [4.69, 9.17) is 0 Å². The summed E-state index contributed by atoms with van der Waals surface area (Å²) in [4.78, 5) is 28.8. The fourth-order valence-corrected chi connectivity index (χ4v) is 3.02. The van der Waals surface area contributed by atoms with E-state index in [-0.39, 0.29) is 11.8 Å². The van der Waals surface area contributed by atoms with Gasteiger partial charge in [-0.1, -0.05) is 24.3 Å². The number of nitrogens with zero attached hydrogens (tertiary/aromatic N) is 2. The number of carbonyl (C=O) groups is 2. The van der Waals surface area contributed by atoms with Crippen molar-refractivity contribution in [2.24, 2.45) is 0 Å². The molecule has 2 aliphatic rings. The third-order valence-corrected chi connectivity index (χ3v) is 4.63. The van der Waals surface area contributed by atoms with Gasteiger partial charge in [0.05, 0.1) is 0 Å². The number of rotatable bonds is 2. The van der Waals surface area contributed by atoms with Crippen LogP contribution in [0.3, 0.4) is 0 Å². The number of benzene rings is 2. The third kappa shape index (κ3) is 1.98. The predicted octanol–water partition coefficient (Wildman–Crippen LogP) is 2.53. The van der Waals surface area contributed by atoms with Gasteiger partial charge < -0.3 is 9.80 Å². The quantitative estimate of drug-likeness (QED) is 0.799. The summed E-state index contributed by atoms with van der Waals surface area (Å²) in [5.74, 6) is 0.116. The molecule has 2 heterocycles. The standard InChI is InChI=1S/C18H18N2O2/c1-11-9-19(11)17(21)15-7-8-16(18(22)20-10-12(20)2)14-6-4-3-5-13(14)15/h3-8,11-12H,9-10H2,1-2H3/t11-,12-,19?,20?/m1/s1. The Morgan fingerprint density at radius 3 is 1.50 bits per heavy atom. The monoisotopic (exact) mass is 294 g/mol. The summed E-state index contributed by atoms with van der Waals surface area (Å²) < 4.78 is 0. The molecule has 2 atom stereocenters. The van der Waals surface area contributed by atoms with Crippen molar-refractivity contribution in [3.05, 3.63) is 47.5 Å². The van der Waals surface area contributed by atoms with Crippen molar-refractivity contribution in [2.45, 2.75) is 25.9 Å². The van der Waals surface area contributed by atoms with Gasteiger partial charge in [0.15, 0.2) is 0 Å². The number of fused-ring (bicyclic) bond motifs is 1. The van der Waals surface area contributed by atoms with Crippen LogP contribution in [0.15, 0.2) is 36.4 Å². The SMILES string of the molecule is C[C@@H]1CN1C(=O)c1ccc(C(=O)N2C[C@H]2C)c2ccccc12. The molecule has 4 heteroatoms. The van der Waals surface area contributed by atoms with Crippen molar-refractivity contribution < 1.29 is 9.59 Å². The van der Waals surface area contributed by atoms with E-state index in [1.165, 1.54) is 0 Å². The van der Waals surface area contributed by atoms with E-state index in [0.717, 1.165) is 23.9 Å². The van der Waals surface area contributed by atoms with Crippen LogP contribution in [0.5, 0.6) is 0 Å². The molecule has 4 rings (SSSR count). The fourth-order valence-electron chi connectivity index (χ4n) is 3.02. The first-order chi connectivity index (χ1) is 10.6. The Hall–Kier alpha value is -2.36. The first-order valence-corrected chi connectivity index (χ1v) is 7.71. The summed E-state index contributed by atoms with van der Waals surface area (Å²) in [6, 6.07) is 11.9. The molecular weight excluding hydrogens is 276 g/mol. The van der Waals surface area contributed by atoms with Crippen LogP contribution in [0.4, 0.5) is 0 Å². The lowest BCUT2D eigenvalue weighted by Crippen LogP contribution is -2.16. The van der Waals surface area contributed by atoms with Gasteiger partial charge in [-0.05, 0) is 36.8 Å². The number of carbonyl (C=O) groups excluding carboxylic acids is 2. The Balaban J connectivity index is 1.81. The van der Waals surface area contributed by atoms with Crippen LogP contribution in [0, 0.1) is 0 Å². The largest absolute Gasteiger partial charge is 0.332 e. The summed E-state index contributed by atoms with van der Waals surface area (Å²) in [5.41, 5.74) is 1.38. The van der Waals surface area contributed by atoms with Crippen LogP contribution in [0.1, 0.15) is 34.6 Å². The molecule has 112 valence electrons. The molecule has 0 unspecified atom stereocenters. The van der Waals surface area contributed by atoms with E-state index >= 15 is 0 Å². The topological polar surface area (TPSA) is 40.2 Å². The average Bonchev–Trinajstić information content (AvgIpc) is 3.43. The van der Waals surface area contributed by atoms with Crippen LogP contribution in [-0.2, 0) is 0 Å². The highest BCUT2D eigenvalue weighted by atomic mass is 16.2. The van der Waals surface area contributed by atoms with Gasteiger partial charge in [-0.2, -0.15) is 0 Å². The molecule has 22 heavy (non-hydrogen) atoms. The predicted molar refractivity (Wildman–Crippen MR) is 84.9 cm³/mol. The molecule has 0 radical (unpaired) electrons. The highest BCUT2D eigenvalue weighted by molar-refractivity contribution is 6.14. The minimum Gasteiger partial charge on any atom is -0.332 e. The molecule has 2 fully saturated rings. The minimum absolute atomic E-state index is 0.0581. The summed E-state index contributed by atoms with van der Waals surface area (Å²) >= 11 is 0. The normalized spacial score (nSPS) is 22.8. The average molecular weight is 294 g/mol. The van der Waals surface area contributed by atoms with Crippen molar-refractivity contribution in [2.75, 3.05) is 13.1 Å². The van der Waals surface area contributed by atoms with Gasteiger partial charge in [0.1, 0.15) is 0 Å². The van der Waals surface area contributed by atoms with Gasteiger partial charge in [-0.15, -0.1) is 0 Å². The molecule has 0 N–H and O–H groups in total. The fraction of sp³-hybridized carbons (Fsp3) is 0.333. The Bertz CT molecular complexity index is 732.